The molecule has 2 heterocycles. The molecule has 0 aliphatic carbocycles. The van der Waals surface area contributed by atoms with Crippen LogP contribution in [-0.4, -0.2) is 33.7 Å². The fraction of sp³-hybridized carbons (Fsp3) is 0.529. The highest BCUT2D eigenvalue weighted by Gasteiger charge is 2.20. The number of rotatable bonds is 3. The Morgan fingerprint density at radius 1 is 1.33 bits per heavy atom. The number of amides is 1. The highest BCUT2D eigenvalue weighted by molar-refractivity contribution is 5.80. The van der Waals surface area contributed by atoms with E-state index in [1.54, 1.807) is 0 Å². The summed E-state index contributed by atoms with van der Waals surface area (Å²) in [5, 5.41) is 5.56. The van der Waals surface area contributed by atoms with Crippen LogP contribution in [-0.2, 0) is 11.3 Å². The number of fused-ring (bicyclic) bond motifs is 1. The van der Waals surface area contributed by atoms with Crippen molar-refractivity contribution in [1.29, 1.82) is 0 Å². The lowest BCUT2D eigenvalue weighted by Crippen LogP contribution is -2.38. The maximum absolute atomic E-state index is 12.3. The van der Waals surface area contributed by atoms with Crippen molar-refractivity contribution in [2.45, 2.75) is 39.7 Å². The second kappa shape index (κ2) is 5.88. The molecule has 0 N–H and O–H groups in total. The Bertz CT molecular complexity index is 639. The number of hydrogen-bond acceptors (Lipinski definition) is 2. The van der Waals surface area contributed by atoms with Crippen LogP contribution in [0.1, 0.15) is 31.7 Å². The van der Waals surface area contributed by atoms with Crippen molar-refractivity contribution in [3.63, 3.8) is 0 Å². The number of hydrogen-bond donors (Lipinski definition) is 0. The van der Waals surface area contributed by atoms with Gasteiger partial charge in [-0.3, -0.25) is 9.48 Å². The third kappa shape index (κ3) is 3.09. The van der Waals surface area contributed by atoms with E-state index in [0.29, 0.717) is 13.0 Å². The highest BCUT2D eigenvalue weighted by atomic mass is 16.2. The van der Waals surface area contributed by atoms with Gasteiger partial charge in [0.15, 0.2) is 0 Å². The van der Waals surface area contributed by atoms with Gasteiger partial charge in [0.25, 0.3) is 0 Å². The fourth-order valence-electron chi connectivity index (χ4n) is 3.00. The van der Waals surface area contributed by atoms with Crippen LogP contribution in [0.5, 0.6) is 0 Å². The molecule has 4 heteroatoms. The van der Waals surface area contributed by atoms with Crippen molar-refractivity contribution in [3.05, 3.63) is 30.0 Å². The lowest BCUT2D eigenvalue weighted by Gasteiger charge is -2.30. The summed E-state index contributed by atoms with van der Waals surface area (Å²) in [6.45, 7) is 6.84. The molecular formula is C17H23N3O. The van der Waals surface area contributed by atoms with E-state index >= 15 is 0 Å². The van der Waals surface area contributed by atoms with Crippen molar-refractivity contribution in [2.24, 2.45) is 5.92 Å². The number of aryl methyl sites for hydroxylation is 2. The predicted molar refractivity (Wildman–Crippen MR) is 84.1 cm³/mol. The standard InChI is InChI=1S/C17H23N3O/c1-13-5-8-19(9-6-13)17(21)7-10-20-16-4-3-14(2)11-15(16)12-18-20/h3-4,11-13H,5-10H2,1-2H3. The van der Waals surface area contributed by atoms with Gasteiger partial charge in [-0.25, -0.2) is 0 Å². The molecule has 2 aromatic rings. The molecular weight excluding hydrogens is 262 g/mol. The third-order valence-electron chi connectivity index (χ3n) is 4.47. The Morgan fingerprint density at radius 2 is 2.10 bits per heavy atom. The van der Waals surface area contributed by atoms with Gasteiger partial charge in [0.05, 0.1) is 18.3 Å². The molecule has 0 spiro atoms. The summed E-state index contributed by atoms with van der Waals surface area (Å²) in [4.78, 5) is 14.3. The Kier molecular flexibility index (Phi) is 3.95. The van der Waals surface area contributed by atoms with Crippen molar-refractivity contribution in [3.8, 4) is 0 Å². The van der Waals surface area contributed by atoms with Crippen LogP contribution in [0.25, 0.3) is 10.9 Å². The summed E-state index contributed by atoms with van der Waals surface area (Å²) in [6, 6.07) is 6.31. The van der Waals surface area contributed by atoms with Crippen LogP contribution in [0.15, 0.2) is 24.4 Å². The summed E-state index contributed by atoms with van der Waals surface area (Å²) in [7, 11) is 0. The first-order valence-corrected chi connectivity index (χ1v) is 7.83. The van der Waals surface area contributed by atoms with Crippen molar-refractivity contribution in [2.75, 3.05) is 13.1 Å². The summed E-state index contributed by atoms with van der Waals surface area (Å²) >= 11 is 0. The maximum Gasteiger partial charge on any atom is 0.224 e. The number of aromatic nitrogens is 2. The molecule has 21 heavy (non-hydrogen) atoms. The van der Waals surface area contributed by atoms with Crippen LogP contribution < -0.4 is 0 Å². The fourth-order valence-corrected chi connectivity index (χ4v) is 3.00. The molecule has 0 radical (unpaired) electrons. The highest BCUT2D eigenvalue weighted by Crippen LogP contribution is 2.18. The average molecular weight is 285 g/mol. The van der Waals surface area contributed by atoms with Gasteiger partial charge in [-0.2, -0.15) is 5.10 Å². The van der Waals surface area contributed by atoms with Gasteiger partial charge in [0, 0.05) is 24.9 Å². The summed E-state index contributed by atoms with van der Waals surface area (Å²) in [5.41, 5.74) is 2.35. The molecule has 3 rings (SSSR count). The van der Waals surface area contributed by atoms with E-state index in [0.717, 1.165) is 42.8 Å². The van der Waals surface area contributed by atoms with Crippen LogP contribution in [0, 0.1) is 12.8 Å². The molecule has 0 bridgehead atoms. The average Bonchev–Trinajstić information content (AvgIpc) is 2.87. The monoisotopic (exact) mass is 285 g/mol. The number of carbonyl (C=O) groups is 1. The molecule has 1 aromatic carbocycles. The number of benzene rings is 1. The maximum atomic E-state index is 12.3. The van der Waals surface area contributed by atoms with Crippen molar-refractivity contribution >= 4 is 16.8 Å². The van der Waals surface area contributed by atoms with Crippen LogP contribution in [0.2, 0.25) is 0 Å². The minimum absolute atomic E-state index is 0.262. The molecule has 0 atom stereocenters. The molecule has 1 saturated heterocycles. The van der Waals surface area contributed by atoms with Crippen molar-refractivity contribution in [1.82, 2.24) is 14.7 Å². The van der Waals surface area contributed by atoms with E-state index in [1.807, 2.05) is 15.8 Å². The molecule has 1 amide bonds. The van der Waals surface area contributed by atoms with Crippen LogP contribution in [0.4, 0.5) is 0 Å². The molecule has 0 saturated carbocycles. The molecule has 1 fully saturated rings. The minimum Gasteiger partial charge on any atom is -0.343 e. The smallest absolute Gasteiger partial charge is 0.224 e. The largest absolute Gasteiger partial charge is 0.343 e. The number of carbonyl (C=O) groups excluding carboxylic acids is 1. The van der Waals surface area contributed by atoms with Gasteiger partial charge in [-0.15, -0.1) is 0 Å². The molecule has 1 aromatic heterocycles. The first-order valence-electron chi connectivity index (χ1n) is 7.83. The zero-order valence-electron chi connectivity index (χ0n) is 12.9. The summed E-state index contributed by atoms with van der Waals surface area (Å²) in [5.74, 6) is 1.02. The van der Waals surface area contributed by atoms with E-state index in [9.17, 15) is 4.79 Å². The van der Waals surface area contributed by atoms with Gasteiger partial charge in [0.1, 0.15) is 0 Å². The van der Waals surface area contributed by atoms with Gasteiger partial charge >= 0.3 is 0 Å². The Labute approximate surface area is 125 Å². The van der Waals surface area contributed by atoms with Crippen LogP contribution in [0.3, 0.4) is 0 Å². The first-order chi connectivity index (χ1) is 10.1. The predicted octanol–water partition coefficient (Wildman–Crippen LogP) is 2.99. The Morgan fingerprint density at radius 3 is 2.86 bits per heavy atom. The third-order valence-corrected chi connectivity index (χ3v) is 4.47. The van der Waals surface area contributed by atoms with E-state index in [4.69, 9.17) is 0 Å². The zero-order chi connectivity index (χ0) is 14.8. The first kappa shape index (κ1) is 14.1. The second-order valence-electron chi connectivity index (χ2n) is 6.24. The Balaban J connectivity index is 1.62. The SMILES string of the molecule is Cc1ccc2c(cnn2CCC(=O)N2CCC(C)CC2)c1. The van der Waals surface area contributed by atoms with Crippen LogP contribution >= 0.6 is 0 Å². The summed E-state index contributed by atoms with van der Waals surface area (Å²) in [6.07, 6.45) is 4.69. The number of likely N-dealkylation sites (tertiary alicyclic amines) is 1. The van der Waals surface area contributed by atoms with Crippen molar-refractivity contribution < 1.29 is 4.79 Å². The molecule has 1 aliphatic rings. The quantitative estimate of drug-likeness (QED) is 0.869. The van der Waals surface area contributed by atoms with Gasteiger partial charge in [-0.1, -0.05) is 18.6 Å². The van der Waals surface area contributed by atoms with E-state index in [2.05, 4.69) is 37.1 Å². The molecule has 0 unspecified atom stereocenters. The zero-order valence-corrected chi connectivity index (χ0v) is 12.9. The van der Waals surface area contributed by atoms with E-state index < -0.39 is 0 Å². The number of nitrogens with zero attached hydrogens (tertiary/aromatic N) is 3. The van der Waals surface area contributed by atoms with Gasteiger partial charge < -0.3 is 4.90 Å². The topological polar surface area (TPSA) is 38.1 Å². The Hall–Kier alpha value is -1.84. The molecule has 112 valence electrons. The summed E-state index contributed by atoms with van der Waals surface area (Å²) < 4.78 is 1.94. The van der Waals surface area contributed by atoms with Gasteiger partial charge in [-0.05, 0) is 37.8 Å². The van der Waals surface area contributed by atoms with E-state index in [1.165, 1.54) is 5.56 Å². The molecule has 1 aliphatic heterocycles. The number of piperidine rings is 1. The second-order valence-corrected chi connectivity index (χ2v) is 6.24. The normalized spacial score (nSPS) is 16.6. The lowest BCUT2D eigenvalue weighted by molar-refractivity contribution is -0.132. The minimum atomic E-state index is 0.262. The molecule has 4 nitrogen and oxygen atoms in total. The van der Waals surface area contributed by atoms with E-state index in [-0.39, 0.29) is 5.91 Å². The lowest BCUT2D eigenvalue weighted by atomic mass is 9.99. The van der Waals surface area contributed by atoms with Gasteiger partial charge in [0.2, 0.25) is 5.91 Å².